The number of aryl methyl sites for hydroxylation is 2. The first-order valence-corrected chi connectivity index (χ1v) is 10.3. The molecule has 5 heterocycles. The fourth-order valence-corrected chi connectivity index (χ4v) is 3.80. The molecule has 0 saturated carbocycles. The summed E-state index contributed by atoms with van der Waals surface area (Å²) in [6.45, 7) is 1.98. The molecule has 8 nitrogen and oxygen atoms in total. The second-order valence-electron chi connectivity index (χ2n) is 7.98. The van der Waals surface area contributed by atoms with Gasteiger partial charge in [-0.25, -0.2) is 18.7 Å². The molecule has 1 aliphatic heterocycles. The smallest absolute Gasteiger partial charge is 0.255 e. The van der Waals surface area contributed by atoms with E-state index in [1.165, 1.54) is 11.1 Å². The summed E-state index contributed by atoms with van der Waals surface area (Å²) in [5.41, 5.74) is 2.54. The summed E-state index contributed by atoms with van der Waals surface area (Å²) in [4.78, 5) is 27.5. The third-order valence-electron chi connectivity index (χ3n) is 5.79. The molecule has 0 aromatic carbocycles. The average molecular weight is 437 g/mol. The van der Waals surface area contributed by atoms with Crippen LogP contribution in [0.1, 0.15) is 29.0 Å². The molecule has 0 N–H and O–H groups in total. The molecule has 32 heavy (non-hydrogen) atoms. The second kappa shape index (κ2) is 7.47. The topological polar surface area (TPSA) is 81.7 Å². The van der Waals surface area contributed by atoms with Gasteiger partial charge in [0, 0.05) is 50.8 Å². The van der Waals surface area contributed by atoms with Gasteiger partial charge in [-0.15, -0.1) is 5.10 Å². The van der Waals surface area contributed by atoms with E-state index in [1.807, 2.05) is 42.9 Å². The lowest BCUT2D eigenvalue weighted by Gasteiger charge is -2.31. The lowest BCUT2D eigenvalue weighted by molar-refractivity contribution is -0.0494. The minimum atomic E-state index is -2.69. The van der Waals surface area contributed by atoms with Crippen molar-refractivity contribution in [2.45, 2.75) is 25.7 Å². The second-order valence-corrected chi connectivity index (χ2v) is 7.98. The van der Waals surface area contributed by atoms with Crippen LogP contribution in [0.2, 0.25) is 0 Å². The number of hydrogen-bond acceptors (Lipinski definition) is 5. The van der Waals surface area contributed by atoms with E-state index in [9.17, 15) is 13.6 Å². The quantitative estimate of drug-likeness (QED) is 0.491. The van der Waals surface area contributed by atoms with E-state index in [0.717, 1.165) is 16.9 Å². The van der Waals surface area contributed by atoms with Gasteiger partial charge in [-0.3, -0.25) is 19.0 Å². The number of piperidine rings is 1. The van der Waals surface area contributed by atoms with Crippen LogP contribution < -0.4 is 0 Å². The maximum Gasteiger partial charge on any atom is 0.255 e. The van der Waals surface area contributed by atoms with Gasteiger partial charge in [0.2, 0.25) is 0 Å². The Morgan fingerprint density at radius 3 is 2.53 bits per heavy atom. The molecule has 10 heteroatoms. The van der Waals surface area contributed by atoms with E-state index in [4.69, 9.17) is 0 Å². The number of carbonyl (C=O) groups is 1. The summed E-state index contributed by atoms with van der Waals surface area (Å²) in [5.74, 6) is -1.60. The molecule has 4 aromatic rings. The molecule has 1 aliphatic rings. The zero-order chi connectivity index (χ0) is 22.5. The minimum Gasteiger partial charge on any atom is -0.338 e. The highest BCUT2D eigenvalue weighted by Crippen LogP contribution is 2.29. The van der Waals surface area contributed by atoms with Gasteiger partial charge in [0.1, 0.15) is 17.2 Å². The van der Waals surface area contributed by atoms with E-state index < -0.39 is 5.92 Å². The van der Waals surface area contributed by atoms with Crippen molar-refractivity contribution >= 4 is 16.9 Å². The van der Waals surface area contributed by atoms with Crippen LogP contribution in [0.4, 0.5) is 8.78 Å². The number of rotatable bonds is 3. The van der Waals surface area contributed by atoms with Crippen LogP contribution in [0.3, 0.4) is 0 Å². The van der Waals surface area contributed by atoms with E-state index >= 15 is 0 Å². The van der Waals surface area contributed by atoms with E-state index in [0.29, 0.717) is 22.7 Å². The monoisotopic (exact) mass is 437 g/mol. The molecule has 0 radical (unpaired) electrons. The van der Waals surface area contributed by atoms with Crippen LogP contribution in [-0.2, 0) is 7.05 Å². The van der Waals surface area contributed by atoms with Gasteiger partial charge in [0.25, 0.3) is 11.8 Å². The maximum absolute atomic E-state index is 13.4. The highest BCUT2D eigenvalue weighted by Gasteiger charge is 2.35. The van der Waals surface area contributed by atoms with Crippen molar-refractivity contribution in [3.05, 3.63) is 54.2 Å². The number of nitrogens with zero attached hydrogens (tertiary/aromatic N) is 7. The Bertz CT molecular complexity index is 1280. The Hall–Kier alpha value is -3.69. The van der Waals surface area contributed by atoms with Gasteiger partial charge in [-0.05, 0) is 31.2 Å². The summed E-state index contributed by atoms with van der Waals surface area (Å²) < 4.78 is 30.4. The van der Waals surface area contributed by atoms with Gasteiger partial charge in [-0.1, -0.05) is 0 Å². The summed E-state index contributed by atoms with van der Waals surface area (Å²) in [7, 11) is 1.83. The van der Waals surface area contributed by atoms with Gasteiger partial charge in [0.15, 0.2) is 5.82 Å². The number of aromatic nitrogens is 6. The van der Waals surface area contributed by atoms with Crippen LogP contribution in [0.5, 0.6) is 0 Å². The number of hydrogen-bond donors (Lipinski definition) is 0. The van der Waals surface area contributed by atoms with Gasteiger partial charge >= 0.3 is 0 Å². The van der Waals surface area contributed by atoms with Crippen molar-refractivity contribution in [2.24, 2.45) is 7.05 Å². The van der Waals surface area contributed by atoms with Gasteiger partial charge < -0.3 is 4.90 Å². The predicted octanol–water partition coefficient (Wildman–Crippen LogP) is 3.40. The zero-order valence-electron chi connectivity index (χ0n) is 17.7. The number of halogens is 2. The maximum atomic E-state index is 13.4. The van der Waals surface area contributed by atoms with E-state index in [-0.39, 0.29) is 31.8 Å². The highest BCUT2D eigenvalue weighted by atomic mass is 19.3. The lowest BCUT2D eigenvalue weighted by atomic mass is 10.1. The van der Waals surface area contributed by atoms with Crippen LogP contribution in [0.25, 0.3) is 28.2 Å². The summed E-state index contributed by atoms with van der Waals surface area (Å²) in [6.07, 6.45) is 4.46. The van der Waals surface area contributed by atoms with Crippen LogP contribution in [-0.4, -0.2) is 59.1 Å². The number of likely N-dealkylation sites (tertiary alicyclic amines) is 1. The van der Waals surface area contributed by atoms with E-state index in [2.05, 4.69) is 20.1 Å². The first-order chi connectivity index (χ1) is 15.3. The fraction of sp³-hybridized carbons (Fsp3) is 0.318. The Morgan fingerprint density at radius 2 is 1.88 bits per heavy atom. The molecule has 0 bridgehead atoms. The molecule has 0 unspecified atom stereocenters. The first-order valence-electron chi connectivity index (χ1n) is 10.3. The van der Waals surface area contributed by atoms with Crippen LogP contribution in [0.15, 0.2) is 42.9 Å². The summed E-state index contributed by atoms with van der Waals surface area (Å²) in [6, 6.07) is 7.36. The van der Waals surface area contributed by atoms with E-state index in [1.54, 1.807) is 16.9 Å². The van der Waals surface area contributed by atoms with Crippen LogP contribution in [0, 0.1) is 6.92 Å². The standard InChI is InChI=1S/C22H21F2N7O/c1-14-27-19(28-29(14)2)18-4-3-17(13-25-18)31-8-5-15-11-16(12-26-20(15)31)21(32)30-9-6-22(23,24)7-10-30/h3-5,8,11-13H,6-7,9-10H2,1-2H3. The Morgan fingerprint density at radius 1 is 1.09 bits per heavy atom. The third-order valence-corrected chi connectivity index (χ3v) is 5.79. The number of carbonyl (C=O) groups excluding carboxylic acids is 1. The number of pyridine rings is 2. The van der Waals surface area contributed by atoms with Crippen molar-refractivity contribution in [1.29, 1.82) is 0 Å². The molecule has 4 aromatic heterocycles. The number of fused-ring (bicyclic) bond motifs is 1. The largest absolute Gasteiger partial charge is 0.338 e. The molecular formula is C22H21F2N7O. The molecule has 0 aliphatic carbocycles. The third kappa shape index (κ3) is 3.61. The predicted molar refractivity (Wildman–Crippen MR) is 114 cm³/mol. The van der Waals surface area contributed by atoms with Gasteiger partial charge in [-0.2, -0.15) is 0 Å². The highest BCUT2D eigenvalue weighted by molar-refractivity contribution is 5.97. The van der Waals surface area contributed by atoms with Crippen molar-refractivity contribution < 1.29 is 13.6 Å². The molecule has 5 rings (SSSR count). The average Bonchev–Trinajstić information content (AvgIpc) is 3.36. The number of amides is 1. The molecule has 164 valence electrons. The molecule has 1 saturated heterocycles. The lowest BCUT2D eigenvalue weighted by Crippen LogP contribution is -2.42. The minimum absolute atomic E-state index is 0.0492. The fourth-order valence-electron chi connectivity index (χ4n) is 3.80. The molecule has 1 fully saturated rings. The first kappa shape index (κ1) is 20.2. The Balaban J connectivity index is 1.39. The SMILES string of the molecule is Cc1nc(-c2ccc(-n3ccc4cc(C(=O)N5CCC(F)(F)CC5)cnc43)cn2)nn1C. The van der Waals surface area contributed by atoms with Gasteiger partial charge in [0.05, 0.1) is 17.4 Å². The molecule has 1 amide bonds. The summed E-state index contributed by atoms with van der Waals surface area (Å²) >= 11 is 0. The molecule has 0 atom stereocenters. The number of alkyl halides is 2. The zero-order valence-corrected chi connectivity index (χ0v) is 17.7. The molecular weight excluding hydrogens is 416 g/mol. The van der Waals surface area contributed by atoms with Crippen molar-refractivity contribution in [3.8, 4) is 17.2 Å². The normalized spacial score (nSPS) is 15.9. The van der Waals surface area contributed by atoms with Crippen molar-refractivity contribution in [2.75, 3.05) is 13.1 Å². The Kier molecular flexibility index (Phi) is 4.72. The van der Waals surface area contributed by atoms with Crippen LogP contribution >= 0.6 is 0 Å². The van der Waals surface area contributed by atoms with Crippen molar-refractivity contribution in [3.63, 3.8) is 0 Å². The van der Waals surface area contributed by atoms with Crippen molar-refractivity contribution in [1.82, 2.24) is 34.2 Å². The Labute approximate surface area is 182 Å². The summed E-state index contributed by atoms with van der Waals surface area (Å²) in [5, 5.41) is 5.12. The molecule has 0 spiro atoms.